The minimum Gasteiger partial charge on any atom is -0.469 e. The lowest BCUT2D eigenvalue weighted by atomic mass is 9.94. The molecule has 0 aliphatic rings. The Morgan fingerprint density at radius 3 is 2.56 bits per heavy atom. The summed E-state index contributed by atoms with van der Waals surface area (Å²) < 4.78 is 5.40. The molecule has 0 aliphatic carbocycles. The second-order valence-electron chi connectivity index (χ2n) is 3.95. The summed E-state index contributed by atoms with van der Waals surface area (Å²) in [6, 6.07) is 14.5. The predicted octanol–water partition coefficient (Wildman–Crippen LogP) is 2.83. The fraction of sp³-hybridized carbons (Fsp3) is 0.286. The summed E-state index contributed by atoms with van der Waals surface area (Å²) in [5.41, 5.74) is 1.35. The van der Waals surface area contributed by atoms with Gasteiger partial charge in [-0.15, -0.1) is 0 Å². The zero-order valence-corrected chi connectivity index (χ0v) is 9.52. The normalized spacial score (nSPS) is 12.6. The van der Waals surface area contributed by atoms with Gasteiger partial charge in [0.05, 0.1) is 6.26 Å². The van der Waals surface area contributed by atoms with E-state index in [4.69, 9.17) is 4.42 Å². The Labute approximate surface area is 96.3 Å². The first-order valence-electron chi connectivity index (χ1n) is 5.62. The van der Waals surface area contributed by atoms with Crippen LogP contribution in [0.2, 0.25) is 0 Å². The Morgan fingerprint density at radius 2 is 1.94 bits per heavy atom. The zero-order valence-electron chi connectivity index (χ0n) is 9.52. The van der Waals surface area contributed by atoms with Crippen molar-refractivity contribution in [2.24, 2.45) is 0 Å². The summed E-state index contributed by atoms with van der Waals surface area (Å²) >= 11 is 0. The fourth-order valence-corrected chi connectivity index (χ4v) is 1.95. The van der Waals surface area contributed by atoms with Gasteiger partial charge in [0, 0.05) is 18.9 Å². The third kappa shape index (κ3) is 2.74. The van der Waals surface area contributed by atoms with Crippen LogP contribution in [0, 0.1) is 0 Å². The van der Waals surface area contributed by atoms with Crippen LogP contribution >= 0.6 is 0 Å². The van der Waals surface area contributed by atoms with Gasteiger partial charge in [-0.2, -0.15) is 0 Å². The number of hydrogen-bond acceptors (Lipinski definition) is 2. The zero-order chi connectivity index (χ0) is 11.2. The minimum atomic E-state index is 0.470. The Morgan fingerprint density at radius 1 is 1.12 bits per heavy atom. The number of likely N-dealkylation sites (N-methyl/N-ethyl adjacent to an activating group) is 1. The van der Waals surface area contributed by atoms with Gasteiger partial charge >= 0.3 is 0 Å². The van der Waals surface area contributed by atoms with Crippen LogP contribution in [-0.4, -0.2) is 13.6 Å². The van der Waals surface area contributed by atoms with E-state index in [-0.39, 0.29) is 0 Å². The van der Waals surface area contributed by atoms with Crippen LogP contribution in [0.4, 0.5) is 0 Å². The van der Waals surface area contributed by atoms with E-state index in [1.165, 1.54) is 5.56 Å². The van der Waals surface area contributed by atoms with E-state index in [2.05, 4.69) is 29.6 Å². The van der Waals surface area contributed by atoms with Crippen molar-refractivity contribution in [2.75, 3.05) is 13.6 Å². The van der Waals surface area contributed by atoms with Crippen molar-refractivity contribution >= 4 is 0 Å². The number of rotatable bonds is 5. The van der Waals surface area contributed by atoms with Gasteiger partial charge in [-0.25, -0.2) is 0 Å². The molecular weight excluding hydrogens is 198 g/mol. The highest BCUT2D eigenvalue weighted by Crippen LogP contribution is 2.20. The molecule has 0 radical (unpaired) electrons. The topological polar surface area (TPSA) is 25.2 Å². The molecule has 0 amide bonds. The summed E-state index contributed by atoms with van der Waals surface area (Å²) in [6.45, 7) is 0.963. The SMILES string of the molecule is CNCC(Cc1ccco1)c1ccccc1. The maximum absolute atomic E-state index is 5.40. The molecule has 0 fully saturated rings. The van der Waals surface area contributed by atoms with E-state index in [9.17, 15) is 0 Å². The van der Waals surface area contributed by atoms with Crippen LogP contribution < -0.4 is 5.32 Å². The van der Waals surface area contributed by atoms with Crippen molar-refractivity contribution in [3.05, 3.63) is 60.1 Å². The first-order chi connectivity index (χ1) is 7.90. The molecule has 2 nitrogen and oxygen atoms in total. The van der Waals surface area contributed by atoms with Gasteiger partial charge in [0.2, 0.25) is 0 Å². The van der Waals surface area contributed by atoms with E-state index in [0.717, 1.165) is 18.7 Å². The average Bonchev–Trinajstić information content (AvgIpc) is 2.83. The fourth-order valence-electron chi connectivity index (χ4n) is 1.95. The summed E-state index contributed by atoms with van der Waals surface area (Å²) in [6.07, 6.45) is 2.68. The van der Waals surface area contributed by atoms with Gasteiger partial charge in [0.25, 0.3) is 0 Å². The molecule has 2 rings (SSSR count). The van der Waals surface area contributed by atoms with Crippen LogP contribution in [0.5, 0.6) is 0 Å². The van der Waals surface area contributed by atoms with Gasteiger partial charge in [-0.05, 0) is 24.7 Å². The molecule has 1 atom stereocenters. The third-order valence-electron chi connectivity index (χ3n) is 2.75. The van der Waals surface area contributed by atoms with Crippen molar-refractivity contribution in [3.8, 4) is 0 Å². The lowest BCUT2D eigenvalue weighted by Crippen LogP contribution is -2.18. The smallest absolute Gasteiger partial charge is 0.104 e. The summed E-state index contributed by atoms with van der Waals surface area (Å²) in [7, 11) is 1.98. The van der Waals surface area contributed by atoms with Crippen LogP contribution in [-0.2, 0) is 6.42 Å². The molecule has 1 aromatic carbocycles. The molecule has 1 heterocycles. The molecule has 1 N–H and O–H groups in total. The molecule has 2 heteroatoms. The molecule has 16 heavy (non-hydrogen) atoms. The molecule has 1 unspecified atom stereocenters. The molecule has 0 saturated carbocycles. The Hall–Kier alpha value is -1.54. The van der Waals surface area contributed by atoms with Gasteiger partial charge in [0.1, 0.15) is 5.76 Å². The van der Waals surface area contributed by atoms with Gasteiger partial charge in [-0.3, -0.25) is 0 Å². The molecule has 84 valence electrons. The van der Waals surface area contributed by atoms with Crippen molar-refractivity contribution in [1.29, 1.82) is 0 Å². The molecule has 0 saturated heterocycles. The number of nitrogens with one attached hydrogen (secondary N) is 1. The first kappa shape index (κ1) is 11.0. The van der Waals surface area contributed by atoms with Gasteiger partial charge in [-0.1, -0.05) is 30.3 Å². The van der Waals surface area contributed by atoms with Crippen molar-refractivity contribution in [1.82, 2.24) is 5.32 Å². The third-order valence-corrected chi connectivity index (χ3v) is 2.75. The summed E-state index contributed by atoms with van der Waals surface area (Å²) in [5, 5.41) is 3.24. The molecular formula is C14H17NO. The van der Waals surface area contributed by atoms with E-state index >= 15 is 0 Å². The standard InChI is InChI=1S/C14H17NO/c1-15-11-13(10-14-8-5-9-16-14)12-6-3-2-4-7-12/h2-9,13,15H,10-11H2,1H3. The van der Waals surface area contributed by atoms with Crippen LogP contribution in [0.1, 0.15) is 17.2 Å². The van der Waals surface area contributed by atoms with Gasteiger partial charge < -0.3 is 9.73 Å². The van der Waals surface area contributed by atoms with Crippen molar-refractivity contribution in [2.45, 2.75) is 12.3 Å². The highest BCUT2D eigenvalue weighted by atomic mass is 16.3. The van der Waals surface area contributed by atoms with E-state index in [1.807, 2.05) is 25.2 Å². The monoisotopic (exact) mass is 215 g/mol. The molecule has 1 aromatic heterocycles. The van der Waals surface area contributed by atoms with E-state index in [1.54, 1.807) is 6.26 Å². The maximum atomic E-state index is 5.40. The number of benzene rings is 1. The minimum absolute atomic E-state index is 0.470. The second-order valence-corrected chi connectivity index (χ2v) is 3.95. The van der Waals surface area contributed by atoms with Crippen LogP contribution in [0.3, 0.4) is 0 Å². The van der Waals surface area contributed by atoms with E-state index in [0.29, 0.717) is 5.92 Å². The number of hydrogen-bond donors (Lipinski definition) is 1. The maximum Gasteiger partial charge on any atom is 0.104 e. The highest BCUT2D eigenvalue weighted by molar-refractivity contribution is 5.21. The Bertz CT molecular complexity index is 394. The van der Waals surface area contributed by atoms with Crippen LogP contribution in [0.25, 0.3) is 0 Å². The largest absolute Gasteiger partial charge is 0.469 e. The predicted molar refractivity (Wildman–Crippen MR) is 65.5 cm³/mol. The van der Waals surface area contributed by atoms with Crippen molar-refractivity contribution in [3.63, 3.8) is 0 Å². The highest BCUT2D eigenvalue weighted by Gasteiger charge is 2.12. The van der Waals surface area contributed by atoms with Crippen molar-refractivity contribution < 1.29 is 4.42 Å². The quantitative estimate of drug-likeness (QED) is 0.829. The molecule has 0 aliphatic heterocycles. The van der Waals surface area contributed by atoms with Crippen LogP contribution in [0.15, 0.2) is 53.1 Å². The lowest BCUT2D eigenvalue weighted by molar-refractivity contribution is 0.479. The first-order valence-corrected chi connectivity index (χ1v) is 5.62. The van der Waals surface area contributed by atoms with Gasteiger partial charge in [0.15, 0.2) is 0 Å². The molecule has 0 bridgehead atoms. The molecule has 0 spiro atoms. The average molecular weight is 215 g/mol. The number of furan rings is 1. The Kier molecular flexibility index (Phi) is 3.78. The van der Waals surface area contributed by atoms with E-state index < -0.39 is 0 Å². The second kappa shape index (κ2) is 5.52. The molecule has 2 aromatic rings. The summed E-state index contributed by atoms with van der Waals surface area (Å²) in [5.74, 6) is 1.52. The Balaban J connectivity index is 2.11. The lowest BCUT2D eigenvalue weighted by Gasteiger charge is -2.15. The summed E-state index contributed by atoms with van der Waals surface area (Å²) in [4.78, 5) is 0.